The molecule has 1 aromatic rings. The quantitative estimate of drug-likeness (QED) is 0.253. The van der Waals surface area contributed by atoms with Crippen molar-refractivity contribution in [1.82, 2.24) is 0 Å². The van der Waals surface area contributed by atoms with Crippen molar-refractivity contribution in [1.29, 1.82) is 0 Å². The average molecular weight is 461 g/mol. The van der Waals surface area contributed by atoms with Crippen LogP contribution in [0.3, 0.4) is 0 Å². The summed E-state index contributed by atoms with van der Waals surface area (Å²) in [4.78, 5) is 12.8. The Labute approximate surface area is 187 Å². The van der Waals surface area contributed by atoms with Crippen molar-refractivity contribution in [2.24, 2.45) is 0 Å². The van der Waals surface area contributed by atoms with E-state index in [0.717, 1.165) is 5.56 Å². The molecule has 0 bridgehead atoms. The highest BCUT2D eigenvalue weighted by atomic mass is 32.1. The van der Waals surface area contributed by atoms with Crippen molar-refractivity contribution < 1.29 is 32.3 Å². The molecule has 7 nitrogen and oxygen atoms in total. The van der Waals surface area contributed by atoms with E-state index in [9.17, 15) is 4.79 Å². The normalized spacial score (nSPS) is 13.1. The van der Waals surface area contributed by atoms with Crippen LogP contribution in [0.4, 0.5) is 0 Å². The Hall–Kier alpha value is -1.26. The molecule has 0 heterocycles. The van der Waals surface area contributed by atoms with Gasteiger partial charge in [0.2, 0.25) is 0 Å². The number of carbonyl (C=O) groups excluding carboxylic acids is 1. The Morgan fingerprint density at radius 2 is 1.43 bits per heavy atom. The molecule has 0 aliphatic rings. The predicted molar refractivity (Wildman–Crippen MR) is 121 cm³/mol. The fraction of sp³-hybridized carbons (Fsp3) is 0.667. The van der Waals surface area contributed by atoms with Gasteiger partial charge in [0.25, 0.3) is 0 Å². The fourth-order valence-electron chi connectivity index (χ4n) is 2.97. The number of hydrogen-bond donors (Lipinski definition) is 1. The predicted octanol–water partition coefficient (Wildman–Crippen LogP) is 4.22. The van der Waals surface area contributed by atoms with Crippen molar-refractivity contribution in [3.8, 4) is 11.5 Å². The Kier molecular flexibility index (Phi) is 11.2. The Balaban J connectivity index is 2.87. The second kappa shape index (κ2) is 12.6. The third-order valence-corrected chi connectivity index (χ3v) is 8.05. The van der Waals surface area contributed by atoms with Crippen molar-refractivity contribution in [3.63, 3.8) is 0 Å². The summed E-state index contributed by atoms with van der Waals surface area (Å²) < 4.78 is 34.0. The number of ether oxygens (including phenoxy) is 3. The molecule has 1 rings (SSSR count). The zero-order valence-electron chi connectivity index (χ0n) is 19.1. The van der Waals surface area contributed by atoms with Gasteiger partial charge >= 0.3 is 14.8 Å². The fourth-order valence-corrected chi connectivity index (χ4v) is 6.04. The van der Waals surface area contributed by atoms with E-state index in [0.29, 0.717) is 43.8 Å². The van der Waals surface area contributed by atoms with Gasteiger partial charge in [0.1, 0.15) is 17.1 Å². The number of carbonyl (C=O) groups is 1. The van der Waals surface area contributed by atoms with Crippen LogP contribution in [0.15, 0.2) is 18.2 Å². The van der Waals surface area contributed by atoms with E-state index >= 15 is 0 Å². The van der Waals surface area contributed by atoms with Crippen LogP contribution in [0.2, 0.25) is 6.04 Å². The van der Waals surface area contributed by atoms with Crippen LogP contribution in [-0.2, 0) is 28.4 Å². The van der Waals surface area contributed by atoms with Gasteiger partial charge < -0.3 is 27.5 Å². The molecule has 0 amide bonds. The minimum Gasteiger partial charge on any atom is -0.497 e. The third kappa shape index (κ3) is 7.77. The zero-order valence-corrected chi connectivity index (χ0v) is 21.0. The molecule has 0 fully saturated rings. The summed E-state index contributed by atoms with van der Waals surface area (Å²) in [6.45, 7) is 10.8. The lowest BCUT2D eigenvalue weighted by molar-refractivity contribution is -0.156. The molecule has 30 heavy (non-hydrogen) atoms. The van der Waals surface area contributed by atoms with Crippen LogP contribution in [-0.4, -0.2) is 54.1 Å². The van der Waals surface area contributed by atoms with Gasteiger partial charge in [0.05, 0.1) is 19.5 Å². The second-order valence-corrected chi connectivity index (χ2v) is 10.4. The molecule has 1 atom stereocenters. The summed E-state index contributed by atoms with van der Waals surface area (Å²) in [7, 11) is 0.311. The van der Waals surface area contributed by atoms with Crippen molar-refractivity contribution in [3.05, 3.63) is 23.8 Å². The monoisotopic (exact) mass is 460 g/mol. The maximum atomic E-state index is 12.8. The van der Waals surface area contributed by atoms with Crippen LogP contribution >= 0.6 is 12.6 Å². The van der Waals surface area contributed by atoms with E-state index in [1.807, 2.05) is 46.8 Å². The third-order valence-electron chi connectivity index (χ3n) is 4.49. The first-order chi connectivity index (χ1) is 14.2. The van der Waals surface area contributed by atoms with Crippen molar-refractivity contribution >= 4 is 27.4 Å². The molecule has 0 spiro atoms. The van der Waals surface area contributed by atoms with Crippen LogP contribution in [0.1, 0.15) is 46.6 Å². The smallest absolute Gasteiger partial charge is 0.497 e. The maximum Gasteiger partial charge on any atom is 0.500 e. The lowest BCUT2D eigenvalue weighted by Gasteiger charge is -2.30. The van der Waals surface area contributed by atoms with Crippen LogP contribution < -0.4 is 9.47 Å². The van der Waals surface area contributed by atoms with Gasteiger partial charge in [-0.3, -0.25) is 4.79 Å². The lowest BCUT2D eigenvalue weighted by Crippen LogP contribution is -2.46. The molecular weight excluding hydrogens is 424 g/mol. The number of rotatable bonds is 14. The van der Waals surface area contributed by atoms with E-state index < -0.39 is 25.6 Å². The molecule has 0 saturated heterocycles. The number of esters is 1. The standard InChI is InChI=1S/C21H36O7SSi/c1-8-25-30(26-9-2,27-10-3)12-11-19(29)20(22)28-21(4,5)16-13-17(23-6)15-18(14-16)24-7/h13-15,19,29H,8-12H2,1-7H3. The molecule has 0 saturated carbocycles. The van der Waals surface area contributed by atoms with E-state index in [1.165, 1.54) is 0 Å². The molecule has 0 radical (unpaired) electrons. The number of thiol groups is 1. The van der Waals surface area contributed by atoms with Gasteiger partial charge in [-0.05, 0) is 53.2 Å². The van der Waals surface area contributed by atoms with Gasteiger partial charge in [-0.1, -0.05) is 0 Å². The number of benzene rings is 1. The average Bonchev–Trinajstić information content (AvgIpc) is 2.71. The van der Waals surface area contributed by atoms with E-state index in [-0.39, 0.29) is 0 Å². The Bertz CT molecular complexity index is 629. The topological polar surface area (TPSA) is 72.5 Å². The van der Waals surface area contributed by atoms with Gasteiger partial charge in [0, 0.05) is 37.5 Å². The van der Waals surface area contributed by atoms with E-state index in [1.54, 1.807) is 20.3 Å². The Morgan fingerprint density at radius 1 is 0.967 bits per heavy atom. The zero-order chi connectivity index (χ0) is 22.8. The molecule has 9 heteroatoms. The maximum absolute atomic E-state index is 12.8. The van der Waals surface area contributed by atoms with E-state index in [2.05, 4.69) is 12.6 Å². The SMILES string of the molecule is CCO[Si](CCC(S)C(=O)OC(C)(C)c1cc(OC)cc(OC)c1)(OCC)OCC. The molecule has 0 aromatic heterocycles. The summed E-state index contributed by atoms with van der Waals surface area (Å²) in [6.07, 6.45) is 0.422. The van der Waals surface area contributed by atoms with Gasteiger partial charge in [0.15, 0.2) is 0 Å². The first-order valence-electron chi connectivity index (χ1n) is 10.2. The molecule has 1 aromatic carbocycles. The van der Waals surface area contributed by atoms with Gasteiger partial charge in [-0.15, -0.1) is 0 Å². The van der Waals surface area contributed by atoms with Crippen LogP contribution in [0, 0.1) is 0 Å². The summed E-state index contributed by atoms with van der Waals surface area (Å²) in [5.74, 6) is 0.825. The van der Waals surface area contributed by atoms with Gasteiger partial charge in [-0.25, -0.2) is 0 Å². The molecule has 0 aliphatic carbocycles. The molecule has 0 aliphatic heterocycles. The van der Waals surface area contributed by atoms with Crippen molar-refractivity contribution in [2.45, 2.75) is 57.9 Å². The lowest BCUT2D eigenvalue weighted by atomic mass is 9.97. The summed E-state index contributed by atoms with van der Waals surface area (Å²) in [6, 6.07) is 5.89. The molecule has 172 valence electrons. The van der Waals surface area contributed by atoms with E-state index in [4.69, 9.17) is 27.5 Å². The first kappa shape index (κ1) is 26.8. The minimum atomic E-state index is -2.84. The first-order valence-corrected chi connectivity index (χ1v) is 12.7. The van der Waals surface area contributed by atoms with Crippen molar-refractivity contribution in [2.75, 3.05) is 34.0 Å². The largest absolute Gasteiger partial charge is 0.500 e. The second-order valence-electron chi connectivity index (χ2n) is 7.07. The Morgan fingerprint density at radius 3 is 1.83 bits per heavy atom. The number of hydrogen-bond acceptors (Lipinski definition) is 8. The molecule has 1 unspecified atom stereocenters. The van der Waals surface area contributed by atoms with Crippen LogP contribution in [0.25, 0.3) is 0 Å². The minimum absolute atomic E-state index is 0.419. The highest BCUT2D eigenvalue weighted by Crippen LogP contribution is 2.33. The summed E-state index contributed by atoms with van der Waals surface area (Å²) in [5, 5.41) is -0.634. The van der Waals surface area contributed by atoms with Crippen LogP contribution in [0.5, 0.6) is 11.5 Å². The van der Waals surface area contributed by atoms with Gasteiger partial charge in [-0.2, -0.15) is 12.6 Å². The molecule has 0 N–H and O–H groups in total. The summed E-state index contributed by atoms with van der Waals surface area (Å²) >= 11 is 4.47. The highest BCUT2D eigenvalue weighted by molar-refractivity contribution is 7.81. The summed E-state index contributed by atoms with van der Waals surface area (Å²) in [5.41, 5.74) is -0.136. The number of methoxy groups -OCH3 is 2. The molecular formula is C21H36O7SSi. The highest BCUT2D eigenvalue weighted by Gasteiger charge is 2.41.